The Balaban J connectivity index is 2.27. The van der Waals surface area contributed by atoms with Crippen LogP contribution in [0.4, 0.5) is 0 Å². The van der Waals surface area contributed by atoms with E-state index in [9.17, 15) is 16.8 Å². The predicted molar refractivity (Wildman–Crippen MR) is 78.6 cm³/mol. The first-order chi connectivity index (χ1) is 9.70. The second-order valence-electron chi connectivity index (χ2n) is 5.13. The number of nitrogens with one attached hydrogen (secondary N) is 2. The van der Waals surface area contributed by atoms with E-state index in [2.05, 4.69) is 10.0 Å². The van der Waals surface area contributed by atoms with Crippen LogP contribution in [0.3, 0.4) is 0 Å². The van der Waals surface area contributed by atoms with Crippen LogP contribution in [0, 0.1) is 0 Å². The summed E-state index contributed by atoms with van der Waals surface area (Å²) in [7, 11) is -7.72. The van der Waals surface area contributed by atoms with Crippen molar-refractivity contribution in [2.24, 2.45) is 5.14 Å². The van der Waals surface area contributed by atoms with Crippen LogP contribution in [0.1, 0.15) is 19.8 Å². The van der Waals surface area contributed by atoms with Crippen LogP contribution in [0.2, 0.25) is 0 Å². The number of primary sulfonamides is 1. The zero-order valence-corrected chi connectivity index (χ0v) is 13.2. The molecule has 1 aliphatic rings. The molecule has 0 radical (unpaired) electrons. The summed E-state index contributed by atoms with van der Waals surface area (Å²) in [5, 5.41) is 8.22. The van der Waals surface area contributed by atoms with Gasteiger partial charge in [-0.3, -0.25) is 0 Å². The molecule has 4 N–H and O–H groups in total. The molecule has 0 spiro atoms. The molecular formula is C12H19N3O4S2. The van der Waals surface area contributed by atoms with Crippen molar-refractivity contribution in [3.05, 3.63) is 24.3 Å². The molecule has 21 heavy (non-hydrogen) atoms. The van der Waals surface area contributed by atoms with Crippen LogP contribution in [0.25, 0.3) is 0 Å². The van der Waals surface area contributed by atoms with Gasteiger partial charge in [-0.05, 0) is 44.5 Å². The van der Waals surface area contributed by atoms with Crippen LogP contribution in [0.15, 0.2) is 34.1 Å². The molecule has 1 saturated heterocycles. The van der Waals surface area contributed by atoms with Crippen LogP contribution >= 0.6 is 0 Å². The maximum absolute atomic E-state index is 12.4. The summed E-state index contributed by atoms with van der Waals surface area (Å²) >= 11 is 0. The second kappa shape index (κ2) is 6.01. The first-order valence-electron chi connectivity index (χ1n) is 6.59. The highest BCUT2D eigenvalue weighted by Gasteiger charge is 2.27. The van der Waals surface area contributed by atoms with E-state index in [1.165, 1.54) is 18.2 Å². The van der Waals surface area contributed by atoms with Gasteiger partial charge in [0.15, 0.2) is 0 Å². The zero-order valence-electron chi connectivity index (χ0n) is 11.6. The molecule has 118 valence electrons. The molecule has 1 aliphatic heterocycles. The van der Waals surface area contributed by atoms with Crippen molar-refractivity contribution in [1.82, 2.24) is 10.0 Å². The van der Waals surface area contributed by atoms with Crippen molar-refractivity contribution in [3.8, 4) is 0 Å². The number of benzene rings is 1. The highest BCUT2D eigenvalue weighted by Crippen LogP contribution is 2.17. The van der Waals surface area contributed by atoms with Gasteiger partial charge in [0.2, 0.25) is 20.0 Å². The highest BCUT2D eigenvalue weighted by atomic mass is 32.2. The smallest absolute Gasteiger partial charge is 0.240 e. The maximum Gasteiger partial charge on any atom is 0.240 e. The third-order valence-corrected chi connectivity index (χ3v) is 5.91. The van der Waals surface area contributed by atoms with Crippen molar-refractivity contribution in [2.75, 3.05) is 6.54 Å². The third kappa shape index (κ3) is 4.01. The lowest BCUT2D eigenvalue weighted by atomic mass is 10.0. The van der Waals surface area contributed by atoms with Gasteiger partial charge in [-0.2, -0.15) is 0 Å². The van der Waals surface area contributed by atoms with Gasteiger partial charge in [0, 0.05) is 12.1 Å². The van der Waals surface area contributed by atoms with E-state index < -0.39 is 20.0 Å². The lowest BCUT2D eigenvalue weighted by Crippen LogP contribution is -2.51. The molecule has 1 heterocycles. The first kappa shape index (κ1) is 16.4. The average Bonchev–Trinajstić information content (AvgIpc) is 2.40. The second-order valence-corrected chi connectivity index (χ2v) is 8.41. The molecule has 0 bridgehead atoms. The topological polar surface area (TPSA) is 118 Å². The predicted octanol–water partition coefficient (Wildman–Crippen LogP) is -0.247. The molecule has 1 aromatic carbocycles. The fraction of sp³-hybridized carbons (Fsp3) is 0.500. The van der Waals surface area contributed by atoms with E-state index in [-0.39, 0.29) is 21.9 Å². The Kier molecular flexibility index (Phi) is 4.69. The Bertz CT molecular complexity index is 716. The summed E-state index contributed by atoms with van der Waals surface area (Å²) in [6.07, 6.45) is 1.62. The number of hydrogen-bond donors (Lipinski definition) is 3. The molecule has 1 aromatic rings. The number of nitrogens with two attached hydrogens (primary N) is 1. The Morgan fingerprint density at radius 1 is 1.24 bits per heavy atom. The normalized spacial score (nSPS) is 23.9. The maximum atomic E-state index is 12.4. The van der Waals surface area contributed by atoms with Crippen molar-refractivity contribution < 1.29 is 16.8 Å². The van der Waals surface area contributed by atoms with Crippen LogP contribution in [0.5, 0.6) is 0 Å². The standard InChI is InChI=1S/C12H19N3O4S2/c1-9-12(6-3-7-14-9)15-21(18,19)11-5-2-4-10(8-11)20(13,16)17/h2,4-5,8-9,12,14-15H,3,6-7H2,1H3,(H2,13,16,17). The van der Waals surface area contributed by atoms with Gasteiger partial charge in [0.1, 0.15) is 0 Å². The summed E-state index contributed by atoms with van der Waals surface area (Å²) < 4.78 is 49.9. The molecule has 7 nitrogen and oxygen atoms in total. The van der Waals surface area contributed by atoms with E-state index >= 15 is 0 Å². The van der Waals surface area contributed by atoms with Gasteiger partial charge in [-0.25, -0.2) is 26.7 Å². The third-order valence-electron chi connectivity index (χ3n) is 3.51. The van der Waals surface area contributed by atoms with Crippen molar-refractivity contribution in [3.63, 3.8) is 0 Å². The largest absolute Gasteiger partial charge is 0.313 e. The lowest BCUT2D eigenvalue weighted by Gasteiger charge is -2.30. The Hall–Kier alpha value is -1.00. The Labute approximate surface area is 125 Å². The number of hydrogen-bond acceptors (Lipinski definition) is 5. The van der Waals surface area contributed by atoms with Crippen LogP contribution < -0.4 is 15.2 Å². The lowest BCUT2D eigenvalue weighted by molar-refractivity contribution is 0.349. The van der Waals surface area contributed by atoms with E-state index in [4.69, 9.17) is 5.14 Å². The Morgan fingerprint density at radius 3 is 2.52 bits per heavy atom. The van der Waals surface area contributed by atoms with Gasteiger partial charge < -0.3 is 5.32 Å². The van der Waals surface area contributed by atoms with Crippen LogP contribution in [-0.4, -0.2) is 35.5 Å². The molecular weight excluding hydrogens is 314 g/mol. The van der Waals surface area contributed by atoms with Gasteiger partial charge in [-0.1, -0.05) is 6.07 Å². The quantitative estimate of drug-likeness (QED) is 0.702. The molecule has 2 atom stereocenters. The van der Waals surface area contributed by atoms with Gasteiger partial charge >= 0.3 is 0 Å². The minimum atomic E-state index is -3.93. The summed E-state index contributed by atoms with van der Waals surface area (Å²) in [5.41, 5.74) is 0. The minimum absolute atomic E-state index is 0.0231. The number of piperidine rings is 1. The highest BCUT2D eigenvalue weighted by molar-refractivity contribution is 7.90. The average molecular weight is 333 g/mol. The molecule has 2 unspecified atom stereocenters. The van der Waals surface area contributed by atoms with Gasteiger partial charge in [0.25, 0.3) is 0 Å². The monoisotopic (exact) mass is 333 g/mol. The number of rotatable bonds is 4. The van der Waals surface area contributed by atoms with E-state index in [1.54, 1.807) is 0 Å². The van der Waals surface area contributed by atoms with E-state index in [0.717, 1.165) is 25.5 Å². The number of sulfonamides is 2. The Morgan fingerprint density at radius 2 is 1.90 bits per heavy atom. The minimum Gasteiger partial charge on any atom is -0.313 e. The summed E-state index contributed by atoms with van der Waals surface area (Å²) in [4.78, 5) is -0.327. The molecule has 2 rings (SSSR count). The summed E-state index contributed by atoms with van der Waals surface area (Å²) in [5.74, 6) is 0. The van der Waals surface area contributed by atoms with E-state index in [1.807, 2.05) is 6.92 Å². The summed E-state index contributed by atoms with van der Waals surface area (Å²) in [6, 6.07) is 4.84. The molecule has 9 heteroatoms. The molecule has 0 aromatic heterocycles. The fourth-order valence-electron chi connectivity index (χ4n) is 2.29. The fourth-order valence-corrected chi connectivity index (χ4v) is 4.32. The summed E-state index contributed by atoms with van der Waals surface area (Å²) in [6.45, 7) is 2.77. The van der Waals surface area contributed by atoms with Crippen molar-refractivity contribution in [1.29, 1.82) is 0 Å². The molecule has 0 aliphatic carbocycles. The van der Waals surface area contributed by atoms with Gasteiger partial charge in [-0.15, -0.1) is 0 Å². The van der Waals surface area contributed by atoms with Crippen LogP contribution in [-0.2, 0) is 20.0 Å². The molecule has 1 fully saturated rings. The first-order valence-corrected chi connectivity index (χ1v) is 9.62. The zero-order chi connectivity index (χ0) is 15.7. The molecule has 0 saturated carbocycles. The van der Waals surface area contributed by atoms with Crippen molar-refractivity contribution >= 4 is 20.0 Å². The van der Waals surface area contributed by atoms with Gasteiger partial charge in [0.05, 0.1) is 9.79 Å². The van der Waals surface area contributed by atoms with E-state index in [0.29, 0.717) is 0 Å². The SMILES string of the molecule is CC1NCCCC1NS(=O)(=O)c1cccc(S(N)(=O)=O)c1. The van der Waals surface area contributed by atoms with Crippen molar-refractivity contribution in [2.45, 2.75) is 41.6 Å². The molecule has 0 amide bonds.